The number of aromatic amines is 1. The van der Waals surface area contributed by atoms with Crippen molar-refractivity contribution >= 4 is 0 Å². The molecule has 0 amide bonds. The zero-order chi connectivity index (χ0) is 10.2. The van der Waals surface area contributed by atoms with Crippen molar-refractivity contribution in [2.45, 2.75) is 12.8 Å². The number of aryl methyl sites for hydroxylation is 1. The van der Waals surface area contributed by atoms with Crippen molar-refractivity contribution in [2.24, 2.45) is 7.05 Å². The van der Waals surface area contributed by atoms with E-state index in [4.69, 9.17) is 5.11 Å². The van der Waals surface area contributed by atoms with Crippen molar-refractivity contribution < 1.29 is 49.3 Å². The third-order valence-electron chi connectivity index (χ3n) is 1.59. The second-order valence-corrected chi connectivity index (χ2v) is 2.49. The number of aliphatic hydroxyl groups is 1. The first-order valence-electron chi connectivity index (χ1n) is 3.34. The average molecular weight is 220 g/mol. The van der Waals surface area contributed by atoms with Crippen LogP contribution in [0.1, 0.15) is 12.7 Å². The Morgan fingerprint density at radius 2 is 2.07 bits per heavy atom. The van der Waals surface area contributed by atoms with Crippen LogP contribution in [0.2, 0.25) is 0 Å². The van der Waals surface area contributed by atoms with Crippen molar-refractivity contribution in [3.8, 4) is 0 Å². The van der Waals surface area contributed by atoms with Crippen molar-refractivity contribution in [1.29, 1.82) is 0 Å². The minimum absolute atomic E-state index is 0. The van der Waals surface area contributed by atoms with Crippen LogP contribution >= 0.6 is 0 Å². The third-order valence-corrected chi connectivity index (χ3v) is 1.59. The molecule has 0 fully saturated rings. The van der Waals surface area contributed by atoms with Gasteiger partial charge in [-0.05, 0) is 0 Å². The quantitative estimate of drug-likeness (QED) is 0.507. The van der Waals surface area contributed by atoms with Gasteiger partial charge in [0.05, 0.1) is 12.2 Å². The van der Waals surface area contributed by atoms with Crippen LogP contribution in [0, 0.1) is 0 Å². The van der Waals surface area contributed by atoms with Crippen molar-refractivity contribution in [1.82, 2.24) is 9.78 Å². The molecule has 2 N–H and O–H groups in total. The zero-order valence-corrected chi connectivity index (χ0v) is 9.64. The number of nitrogens with zero attached hydrogens (tertiary/aromatic N) is 1. The second-order valence-electron chi connectivity index (χ2n) is 2.49. The second kappa shape index (κ2) is 4.52. The van der Waals surface area contributed by atoms with E-state index in [1.807, 2.05) is 5.10 Å². The Kier molecular flexibility index (Phi) is 4.44. The molecule has 1 aromatic rings. The molecule has 1 aromatic heterocycles. The zero-order valence-electron chi connectivity index (χ0n) is 8.64. The molecule has 1 heterocycles. The first kappa shape index (κ1) is 13.8. The number of hydrogen-bond donors (Lipinski definition) is 2. The van der Waals surface area contributed by atoms with E-state index in [1.165, 1.54) is 0 Å². The maximum atomic E-state index is 12.1. The van der Waals surface area contributed by atoms with E-state index in [2.05, 4.69) is 0 Å². The molecule has 0 saturated heterocycles. The number of aromatic nitrogens is 2. The summed E-state index contributed by atoms with van der Waals surface area (Å²) in [5.74, 6) is 0. The topological polar surface area (TPSA) is 58.0 Å². The summed E-state index contributed by atoms with van der Waals surface area (Å²) in [6.07, 6.45) is -4.64. The predicted octanol–water partition coefficient (Wildman–Crippen LogP) is -2.66. The fourth-order valence-electron chi connectivity index (χ4n) is 0.976. The Morgan fingerprint density at radius 1 is 1.57 bits per heavy atom. The number of hydrogen-bond acceptors (Lipinski definition) is 2. The molecule has 8 heteroatoms. The number of alkyl halides is 3. The van der Waals surface area contributed by atoms with Gasteiger partial charge in [-0.25, -0.2) is 0 Å². The van der Waals surface area contributed by atoms with Crippen LogP contribution in [0.25, 0.3) is 0 Å². The molecule has 0 aliphatic carbocycles. The van der Waals surface area contributed by atoms with Crippen LogP contribution in [0.15, 0.2) is 4.79 Å². The molecule has 0 spiro atoms. The average Bonchev–Trinajstić information content (AvgIpc) is 2.28. The summed E-state index contributed by atoms with van der Waals surface area (Å²) in [5, 5.41) is 10.4. The summed E-state index contributed by atoms with van der Waals surface area (Å²) < 4.78 is 37.1. The summed E-state index contributed by atoms with van der Waals surface area (Å²) in [4.78, 5) is 10.9. The van der Waals surface area contributed by atoms with Crippen LogP contribution < -0.4 is 35.1 Å². The summed E-state index contributed by atoms with van der Waals surface area (Å²) >= 11 is 0. The van der Waals surface area contributed by atoms with Crippen LogP contribution in [0.3, 0.4) is 0 Å². The van der Waals surface area contributed by atoms with Gasteiger partial charge in [-0.2, -0.15) is 13.2 Å². The largest absolute Gasteiger partial charge is 1.00 e. The predicted molar refractivity (Wildman–Crippen MR) is 38.1 cm³/mol. The standard InChI is InChI=1S/C6H7F3N2O2.Na.H/c1-11-5(13)3(2-12)4(10-11)6(7,8)9;;/h10,12H,2H2,1H3;;/q;+1;-1. The van der Waals surface area contributed by atoms with Crippen LogP contribution in [0.4, 0.5) is 13.2 Å². The van der Waals surface area contributed by atoms with Crippen LogP contribution in [0.5, 0.6) is 0 Å². The van der Waals surface area contributed by atoms with Gasteiger partial charge >= 0.3 is 35.7 Å². The molecular weight excluding hydrogens is 212 g/mol. The van der Waals surface area contributed by atoms with Gasteiger partial charge in [-0.3, -0.25) is 14.6 Å². The Labute approximate surface area is 100 Å². The van der Waals surface area contributed by atoms with Gasteiger partial charge in [-0.1, -0.05) is 0 Å². The Bertz CT molecular complexity index is 373. The molecule has 0 radical (unpaired) electrons. The minimum atomic E-state index is -4.64. The van der Waals surface area contributed by atoms with Gasteiger partial charge in [0.2, 0.25) is 0 Å². The molecule has 14 heavy (non-hydrogen) atoms. The molecule has 0 aromatic carbocycles. The first-order valence-corrected chi connectivity index (χ1v) is 3.34. The number of nitrogens with one attached hydrogen (secondary N) is 1. The minimum Gasteiger partial charge on any atom is -1.00 e. The molecule has 0 aliphatic rings. The van der Waals surface area contributed by atoms with E-state index in [0.29, 0.717) is 4.68 Å². The van der Waals surface area contributed by atoms with E-state index in [-0.39, 0.29) is 31.0 Å². The summed E-state index contributed by atoms with van der Waals surface area (Å²) in [7, 11) is 1.15. The SMILES string of the molecule is Cn1[nH]c(C(F)(F)F)c(CO)c1=O.[H-].[Na+]. The molecule has 0 atom stereocenters. The van der Waals surface area contributed by atoms with Gasteiger partial charge in [0, 0.05) is 7.05 Å². The number of rotatable bonds is 1. The molecule has 1 rings (SSSR count). The van der Waals surface area contributed by atoms with Gasteiger partial charge < -0.3 is 6.53 Å². The molecule has 4 nitrogen and oxygen atoms in total. The van der Waals surface area contributed by atoms with Gasteiger partial charge in [0.15, 0.2) is 0 Å². The molecule has 0 saturated carbocycles. The van der Waals surface area contributed by atoms with Crippen molar-refractivity contribution in [3.05, 3.63) is 21.6 Å². The van der Waals surface area contributed by atoms with Gasteiger partial charge in [-0.15, -0.1) is 0 Å². The van der Waals surface area contributed by atoms with E-state index in [0.717, 1.165) is 7.05 Å². The van der Waals surface area contributed by atoms with Gasteiger partial charge in [0.25, 0.3) is 5.56 Å². The van der Waals surface area contributed by atoms with Crippen molar-refractivity contribution in [2.75, 3.05) is 0 Å². The van der Waals surface area contributed by atoms with E-state index in [1.54, 1.807) is 0 Å². The molecule has 76 valence electrons. The van der Waals surface area contributed by atoms with Crippen LogP contribution in [-0.4, -0.2) is 14.9 Å². The van der Waals surface area contributed by atoms with E-state index < -0.39 is 29.6 Å². The van der Waals surface area contributed by atoms with E-state index in [9.17, 15) is 18.0 Å². The third kappa shape index (κ3) is 2.41. The number of halogens is 3. The van der Waals surface area contributed by atoms with E-state index >= 15 is 0 Å². The summed E-state index contributed by atoms with van der Waals surface area (Å²) in [6, 6.07) is 0. The molecule has 0 aliphatic heterocycles. The summed E-state index contributed by atoms with van der Waals surface area (Å²) in [5.41, 5.74) is -2.72. The number of aliphatic hydroxyl groups excluding tert-OH is 1. The van der Waals surface area contributed by atoms with Crippen LogP contribution in [-0.2, 0) is 19.8 Å². The molecular formula is C6H8F3N2NaO2. The summed E-state index contributed by atoms with van der Waals surface area (Å²) in [6.45, 7) is -0.926. The van der Waals surface area contributed by atoms with Crippen molar-refractivity contribution in [3.63, 3.8) is 0 Å². The maximum Gasteiger partial charge on any atom is 1.00 e. The number of H-pyrrole nitrogens is 1. The Morgan fingerprint density at radius 3 is 2.36 bits per heavy atom. The maximum absolute atomic E-state index is 12.1. The molecule has 0 bridgehead atoms. The normalized spacial score (nSPS) is 11.2. The fraction of sp³-hybridized carbons (Fsp3) is 0.500. The van der Waals surface area contributed by atoms with Gasteiger partial charge in [0.1, 0.15) is 5.69 Å². The monoisotopic (exact) mass is 220 g/mol. The Hall–Kier alpha value is -0.240. The smallest absolute Gasteiger partial charge is 1.00 e. The fourth-order valence-corrected chi connectivity index (χ4v) is 0.976. The molecule has 0 unspecified atom stereocenters. The first-order chi connectivity index (χ1) is 5.88. The Balaban J connectivity index is 0.